The molecule has 0 saturated carbocycles. The van der Waals surface area contributed by atoms with E-state index in [1.807, 2.05) is 0 Å². The number of rotatable bonds is 7. The van der Waals surface area contributed by atoms with Crippen LogP contribution in [-0.2, 0) is 6.54 Å². The summed E-state index contributed by atoms with van der Waals surface area (Å²) in [5.41, 5.74) is 6.82. The van der Waals surface area contributed by atoms with Crippen LogP contribution in [0.4, 0.5) is 0 Å². The molecule has 1 nitrogen and oxygen atoms in total. The van der Waals surface area contributed by atoms with Crippen LogP contribution >= 0.6 is 0 Å². The van der Waals surface area contributed by atoms with E-state index in [1.165, 1.54) is 37.6 Å². The van der Waals surface area contributed by atoms with Crippen LogP contribution in [0, 0.1) is 6.92 Å². The standard InChI is InChI=1S/C30H27NSe/c1-23-16-18-25(19-17-23)29(22-32-26-12-6-3-7-13-26)28-21-31(20-24-10-4-2-5-11-24)30-15-9-8-14-27(28)30/h2-19,21,29H,20,22H2,1H3. The van der Waals surface area contributed by atoms with E-state index in [1.54, 1.807) is 0 Å². The molecule has 0 N–H and O–H groups in total. The first kappa shape index (κ1) is 20.8. The first-order valence-electron chi connectivity index (χ1n) is 11.1. The predicted octanol–water partition coefficient (Wildman–Crippen LogP) is 6.58. The van der Waals surface area contributed by atoms with Crippen LogP contribution in [0.1, 0.15) is 28.2 Å². The molecule has 5 aromatic rings. The van der Waals surface area contributed by atoms with Gasteiger partial charge in [-0.15, -0.1) is 0 Å². The molecule has 1 unspecified atom stereocenters. The first-order valence-corrected chi connectivity index (χ1v) is 13.2. The van der Waals surface area contributed by atoms with Crippen molar-refractivity contribution in [2.75, 3.05) is 0 Å². The summed E-state index contributed by atoms with van der Waals surface area (Å²) in [6.07, 6.45) is 2.41. The third kappa shape index (κ3) is 4.58. The van der Waals surface area contributed by atoms with Crippen LogP contribution in [0.15, 0.2) is 115 Å². The van der Waals surface area contributed by atoms with E-state index < -0.39 is 0 Å². The van der Waals surface area contributed by atoms with E-state index in [4.69, 9.17) is 0 Å². The molecule has 0 amide bonds. The van der Waals surface area contributed by atoms with Gasteiger partial charge in [0.2, 0.25) is 0 Å². The van der Waals surface area contributed by atoms with Crippen LogP contribution in [-0.4, -0.2) is 19.5 Å². The van der Waals surface area contributed by atoms with Gasteiger partial charge in [-0.05, 0) is 0 Å². The molecule has 0 spiro atoms. The molecule has 158 valence electrons. The Kier molecular flexibility index (Phi) is 6.25. The Labute approximate surface area is 196 Å². The van der Waals surface area contributed by atoms with Gasteiger partial charge in [0.05, 0.1) is 0 Å². The van der Waals surface area contributed by atoms with Crippen molar-refractivity contribution in [1.82, 2.24) is 4.57 Å². The van der Waals surface area contributed by atoms with Crippen molar-refractivity contribution in [3.8, 4) is 0 Å². The molecule has 1 atom stereocenters. The van der Waals surface area contributed by atoms with E-state index in [0.717, 1.165) is 11.9 Å². The number of aryl methyl sites for hydroxylation is 1. The summed E-state index contributed by atoms with van der Waals surface area (Å²) >= 11 is 0.416. The molecule has 1 aromatic heterocycles. The molecule has 4 aromatic carbocycles. The first-order chi connectivity index (χ1) is 15.8. The monoisotopic (exact) mass is 481 g/mol. The SMILES string of the molecule is Cc1ccc(C(C[Se]c2ccccc2)c2cn(Cc3ccccc3)c3ccccc23)cc1. The minimum atomic E-state index is 0.387. The van der Waals surface area contributed by atoms with Crippen LogP contribution < -0.4 is 4.46 Å². The van der Waals surface area contributed by atoms with Crippen molar-refractivity contribution in [2.45, 2.75) is 24.7 Å². The summed E-state index contributed by atoms with van der Waals surface area (Å²) in [7, 11) is 0. The summed E-state index contributed by atoms with van der Waals surface area (Å²) in [6.45, 7) is 3.06. The predicted molar refractivity (Wildman–Crippen MR) is 137 cm³/mol. The summed E-state index contributed by atoms with van der Waals surface area (Å²) < 4.78 is 3.89. The van der Waals surface area contributed by atoms with Gasteiger partial charge in [-0.25, -0.2) is 0 Å². The molecule has 0 radical (unpaired) electrons. The van der Waals surface area contributed by atoms with Gasteiger partial charge in [0.25, 0.3) is 0 Å². The fraction of sp³-hybridized carbons (Fsp3) is 0.133. The molecule has 2 heteroatoms. The van der Waals surface area contributed by atoms with E-state index in [2.05, 4.69) is 127 Å². The van der Waals surface area contributed by atoms with Gasteiger partial charge >= 0.3 is 197 Å². The Morgan fingerprint density at radius 2 is 1.38 bits per heavy atom. The zero-order valence-electron chi connectivity index (χ0n) is 18.3. The number of nitrogens with zero attached hydrogens (tertiary/aromatic N) is 1. The van der Waals surface area contributed by atoms with Gasteiger partial charge < -0.3 is 0 Å². The summed E-state index contributed by atoms with van der Waals surface area (Å²) in [6, 6.07) is 39.7. The maximum absolute atomic E-state index is 2.43. The van der Waals surface area contributed by atoms with E-state index in [9.17, 15) is 0 Å². The van der Waals surface area contributed by atoms with Crippen molar-refractivity contribution < 1.29 is 0 Å². The Morgan fingerprint density at radius 1 is 0.719 bits per heavy atom. The average Bonchev–Trinajstić information content (AvgIpc) is 3.20. The van der Waals surface area contributed by atoms with Crippen molar-refractivity contribution in [3.05, 3.63) is 138 Å². The van der Waals surface area contributed by atoms with Gasteiger partial charge in [0, 0.05) is 0 Å². The van der Waals surface area contributed by atoms with Crippen molar-refractivity contribution in [2.24, 2.45) is 0 Å². The topological polar surface area (TPSA) is 4.93 Å². The molecule has 5 rings (SSSR count). The second-order valence-electron chi connectivity index (χ2n) is 8.30. The van der Waals surface area contributed by atoms with E-state index >= 15 is 0 Å². The normalized spacial score (nSPS) is 12.2. The second kappa shape index (κ2) is 9.61. The molecule has 0 bridgehead atoms. The van der Waals surface area contributed by atoms with Gasteiger partial charge in [-0.2, -0.15) is 0 Å². The number of para-hydroxylation sites is 1. The Morgan fingerprint density at radius 3 is 2.12 bits per heavy atom. The van der Waals surface area contributed by atoms with Crippen LogP contribution in [0.2, 0.25) is 5.32 Å². The summed E-state index contributed by atoms with van der Waals surface area (Å²) in [4.78, 5) is 0. The summed E-state index contributed by atoms with van der Waals surface area (Å²) in [5.74, 6) is 0.387. The fourth-order valence-electron chi connectivity index (χ4n) is 4.32. The van der Waals surface area contributed by atoms with E-state index in [-0.39, 0.29) is 0 Å². The van der Waals surface area contributed by atoms with Crippen molar-refractivity contribution in [1.29, 1.82) is 0 Å². The van der Waals surface area contributed by atoms with Gasteiger partial charge in [0.1, 0.15) is 0 Å². The van der Waals surface area contributed by atoms with E-state index in [0.29, 0.717) is 20.9 Å². The van der Waals surface area contributed by atoms with Gasteiger partial charge in [-0.1, -0.05) is 0 Å². The number of hydrogen-bond acceptors (Lipinski definition) is 0. The molecular formula is C30H27NSe. The minimum absolute atomic E-state index is 0.387. The Hall–Kier alpha value is -3.06. The van der Waals surface area contributed by atoms with Gasteiger partial charge in [-0.3, -0.25) is 0 Å². The molecule has 32 heavy (non-hydrogen) atoms. The summed E-state index contributed by atoms with van der Waals surface area (Å²) in [5, 5.41) is 2.53. The molecule has 0 aliphatic carbocycles. The van der Waals surface area contributed by atoms with Crippen molar-refractivity contribution >= 4 is 30.3 Å². The molecule has 0 saturated heterocycles. The van der Waals surface area contributed by atoms with Gasteiger partial charge in [0.15, 0.2) is 0 Å². The average molecular weight is 481 g/mol. The number of benzene rings is 4. The maximum atomic E-state index is 2.43. The Balaban J connectivity index is 1.57. The zero-order valence-corrected chi connectivity index (χ0v) is 20.0. The number of hydrogen-bond donors (Lipinski definition) is 0. The van der Waals surface area contributed by atoms with Crippen LogP contribution in [0.25, 0.3) is 10.9 Å². The molecule has 0 aliphatic rings. The quantitative estimate of drug-likeness (QED) is 0.232. The van der Waals surface area contributed by atoms with Crippen LogP contribution in [0.3, 0.4) is 0 Å². The van der Waals surface area contributed by atoms with Crippen molar-refractivity contribution in [3.63, 3.8) is 0 Å². The molecule has 0 fully saturated rings. The third-order valence-electron chi connectivity index (χ3n) is 6.03. The fourth-order valence-corrected chi connectivity index (χ4v) is 6.59. The molecule has 1 heterocycles. The van der Waals surface area contributed by atoms with Crippen LogP contribution in [0.5, 0.6) is 0 Å². The number of aromatic nitrogens is 1. The third-order valence-corrected chi connectivity index (χ3v) is 8.35. The molecule has 0 aliphatic heterocycles. The zero-order chi connectivity index (χ0) is 21.8. The second-order valence-corrected chi connectivity index (χ2v) is 10.6. The number of fused-ring (bicyclic) bond motifs is 1. The Bertz CT molecular complexity index is 1290. The molecular weight excluding hydrogens is 453 g/mol.